The minimum absolute atomic E-state index is 0.433. The average Bonchev–Trinajstić information content (AvgIpc) is 2.39. The maximum Gasteiger partial charge on any atom is 0.140 e. The topological polar surface area (TPSA) is 46.2 Å². The highest BCUT2D eigenvalue weighted by Gasteiger charge is 2.14. The highest BCUT2D eigenvalue weighted by atomic mass is 35.5. The van der Waals surface area contributed by atoms with Crippen molar-refractivity contribution in [3.8, 4) is 0 Å². The number of halogens is 1. The second-order valence-corrected chi connectivity index (χ2v) is 8.89. The molecule has 0 radical (unpaired) electrons. The Balaban J connectivity index is 2.44. The average molecular weight is 346 g/mol. The first-order chi connectivity index (χ1) is 9.40. The third kappa shape index (κ3) is 3.58. The zero-order valence-electron chi connectivity index (χ0n) is 10.5. The Kier molecular flexibility index (Phi) is 4.80. The Morgan fingerprint density at radius 2 is 1.85 bits per heavy atom. The van der Waals surface area contributed by atoms with Crippen LogP contribution in [0, 0.1) is 0 Å². The summed E-state index contributed by atoms with van der Waals surface area (Å²) in [6.07, 6.45) is 1.54. The molecule has 1 N–H and O–H groups in total. The Morgan fingerprint density at radius 1 is 1.20 bits per heavy atom. The number of hydrogen-bond acceptors (Lipinski definition) is 3. The first-order valence-corrected chi connectivity index (χ1v) is 10.0. The predicted molar refractivity (Wildman–Crippen MR) is 87.6 cm³/mol. The van der Waals surface area contributed by atoms with Crippen LogP contribution in [0.1, 0.15) is 0 Å². The molecule has 0 saturated carbocycles. The summed E-state index contributed by atoms with van der Waals surface area (Å²) >= 11 is 11.1. The SMILES string of the molecule is CS(=O)c1ccc(Cl)cc1NS(=O)(=S)c1ccccc1. The molecule has 0 fully saturated rings. The molecular formula is C13H12ClNO2S3. The first kappa shape index (κ1) is 15.4. The Labute approximate surface area is 130 Å². The van der Waals surface area contributed by atoms with E-state index in [0.29, 0.717) is 20.5 Å². The molecule has 3 nitrogen and oxygen atoms in total. The van der Waals surface area contributed by atoms with Gasteiger partial charge < -0.3 is 0 Å². The number of anilines is 1. The standard InChI is InChI=1S/C13H12ClNO2S3/c1-19(16)13-8-7-10(14)9-12(13)15-20(17,18)11-5-3-2-4-6-11/h2-9,15H,1H3. The molecule has 0 aliphatic rings. The molecule has 2 rings (SSSR count). The van der Waals surface area contributed by atoms with Gasteiger partial charge in [-0.3, -0.25) is 8.93 Å². The van der Waals surface area contributed by atoms with Crippen molar-refractivity contribution in [2.45, 2.75) is 9.79 Å². The summed E-state index contributed by atoms with van der Waals surface area (Å²) in [5.74, 6) is 0. The van der Waals surface area contributed by atoms with Crippen molar-refractivity contribution in [2.75, 3.05) is 11.0 Å². The van der Waals surface area contributed by atoms with Gasteiger partial charge in [-0.25, -0.2) is 4.21 Å². The van der Waals surface area contributed by atoms with Gasteiger partial charge in [-0.2, -0.15) is 0 Å². The summed E-state index contributed by atoms with van der Waals surface area (Å²) < 4.78 is 27.1. The smallest absolute Gasteiger partial charge is 0.140 e. The van der Waals surface area contributed by atoms with Crippen molar-refractivity contribution in [2.24, 2.45) is 0 Å². The number of rotatable bonds is 4. The zero-order valence-corrected chi connectivity index (χ0v) is 13.7. The summed E-state index contributed by atoms with van der Waals surface area (Å²) in [4.78, 5) is 1.02. The molecule has 0 aliphatic carbocycles. The van der Waals surface area contributed by atoms with Crippen molar-refractivity contribution in [3.63, 3.8) is 0 Å². The third-order valence-corrected chi connectivity index (χ3v) is 5.97. The van der Waals surface area contributed by atoms with Crippen LogP contribution in [0.25, 0.3) is 0 Å². The molecule has 0 amide bonds. The van der Waals surface area contributed by atoms with Gasteiger partial charge in [0.2, 0.25) is 0 Å². The maximum atomic E-state index is 12.6. The Bertz CT molecular complexity index is 745. The summed E-state index contributed by atoms with van der Waals surface area (Å²) in [5.41, 5.74) is 0.433. The van der Waals surface area contributed by atoms with Gasteiger partial charge in [0.15, 0.2) is 0 Å². The molecule has 0 aromatic heterocycles. The molecule has 0 saturated heterocycles. The fourth-order valence-corrected chi connectivity index (χ4v) is 4.25. The molecule has 0 aliphatic heterocycles. The van der Waals surface area contributed by atoms with Gasteiger partial charge in [-0.05, 0) is 30.3 Å². The van der Waals surface area contributed by atoms with Crippen LogP contribution in [0.2, 0.25) is 5.02 Å². The van der Waals surface area contributed by atoms with Gasteiger partial charge in [0.05, 0.1) is 26.3 Å². The molecule has 7 heteroatoms. The largest absolute Gasteiger partial charge is 0.299 e. The van der Waals surface area contributed by atoms with Crippen LogP contribution >= 0.6 is 11.6 Å². The fraction of sp³-hybridized carbons (Fsp3) is 0.0769. The summed E-state index contributed by atoms with van der Waals surface area (Å²) in [5, 5.41) is 0.458. The lowest BCUT2D eigenvalue weighted by atomic mass is 10.3. The van der Waals surface area contributed by atoms with E-state index >= 15 is 0 Å². The number of benzene rings is 2. The number of nitrogens with one attached hydrogen (secondary N) is 1. The van der Waals surface area contributed by atoms with Crippen LogP contribution in [-0.2, 0) is 30.7 Å². The summed E-state index contributed by atoms with van der Waals surface area (Å²) in [7, 11) is -4.13. The zero-order chi connectivity index (χ0) is 14.8. The van der Waals surface area contributed by atoms with Crippen molar-refractivity contribution in [3.05, 3.63) is 53.6 Å². The second-order valence-electron chi connectivity index (χ2n) is 4.01. The summed E-state index contributed by atoms with van der Waals surface area (Å²) in [6, 6.07) is 13.6. The molecule has 2 unspecified atom stereocenters. The quantitative estimate of drug-likeness (QED) is 0.925. The van der Waals surface area contributed by atoms with E-state index in [4.69, 9.17) is 22.8 Å². The molecule has 0 spiro atoms. The van der Waals surface area contributed by atoms with Gasteiger partial charge in [-0.15, -0.1) is 0 Å². The predicted octanol–water partition coefficient (Wildman–Crippen LogP) is 3.21. The molecule has 0 heterocycles. The van der Waals surface area contributed by atoms with E-state index in [2.05, 4.69) is 4.72 Å². The second kappa shape index (κ2) is 6.22. The highest BCUT2D eigenvalue weighted by Crippen LogP contribution is 2.26. The Morgan fingerprint density at radius 3 is 2.45 bits per heavy atom. The monoisotopic (exact) mass is 345 g/mol. The van der Waals surface area contributed by atoms with Crippen molar-refractivity contribution >= 4 is 48.0 Å². The lowest BCUT2D eigenvalue weighted by Gasteiger charge is -2.14. The first-order valence-electron chi connectivity index (χ1n) is 5.61. The minimum Gasteiger partial charge on any atom is -0.299 e. The molecule has 2 aromatic rings. The van der Waals surface area contributed by atoms with E-state index < -0.39 is 19.5 Å². The lowest BCUT2D eigenvalue weighted by Crippen LogP contribution is -2.13. The van der Waals surface area contributed by atoms with Crippen LogP contribution in [-0.4, -0.2) is 14.7 Å². The van der Waals surface area contributed by atoms with Crippen LogP contribution < -0.4 is 4.72 Å². The third-order valence-electron chi connectivity index (χ3n) is 2.55. The van der Waals surface area contributed by atoms with Gasteiger partial charge >= 0.3 is 0 Å². The van der Waals surface area contributed by atoms with Crippen LogP contribution in [0.15, 0.2) is 58.3 Å². The molecular weight excluding hydrogens is 334 g/mol. The molecule has 20 heavy (non-hydrogen) atoms. The van der Waals surface area contributed by atoms with Crippen molar-refractivity contribution in [1.29, 1.82) is 0 Å². The summed E-state index contributed by atoms with van der Waals surface area (Å²) in [6.45, 7) is 0. The molecule has 0 bridgehead atoms. The van der Waals surface area contributed by atoms with Crippen LogP contribution in [0.3, 0.4) is 0 Å². The van der Waals surface area contributed by atoms with E-state index in [1.54, 1.807) is 48.7 Å². The highest BCUT2D eigenvalue weighted by molar-refractivity contribution is 8.33. The van der Waals surface area contributed by atoms with E-state index in [1.165, 1.54) is 0 Å². The molecule has 106 valence electrons. The van der Waals surface area contributed by atoms with E-state index in [1.807, 2.05) is 6.07 Å². The van der Waals surface area contributed by atoms with Crippen LogP contribution in [0.5, 0.6) is 0 Å². The Hall–Kier alpha value is -0.950. The van der Waals surface area contributed by atoms with Gasteiger partial charge in [0.25, 0.3) is 0 Å². The van der Waals surface area contributed by atoms with E-state index in [0.717, 1.165) is 0 Å². The van der Waals surface area contributed by atoms with Crippen molar-refractivity contribution < 1.29 is 8.42 Å². The fourth-order valence-electron chi connectivity index (χ4n) is 1.64. The van der Waals surface area contributed by atoms with Crippen molar-refractivity contribution in [1.82, 2.24) is 0 Å². The maximum absolute atomic E-state index is 12.6. The van der Waals surface area contributed by atoms with Gasteiger partial charge in [0, 0.05) is 22.5 Å². The van der Waals surface area contributed by atoms with Crippen LogP contribution in [0.4, 0.5) is 5.69 Å². The van der Waals surface area contributed by atoms with Gasteiger partial charge in [-0.1, -0.05) is 29.8 Å². The minimum atomic E-state index is -2.90. The molecule has 2 atom stereocenters. The normalized spacial score (nSPS) is 15.3. The van der Waals surface area contributed by atoms with Gasteiger partial charge in [0.1, 0.15) is 8.68 Å². The van der Waals surface area contributed by atoms with E-state index in [-0.39, 0.29) is 0 Å². The lowest BCUT2D eigenvalue weighted by molar-refractivity contribution is 0.685. The number of hydrogen-bond donors (Lipinski definition) is 1. The molecule has 2 aromatic carbocycles. The van der Waals surface area contributed by atoms with E-state index in [9.17, 15) is 8.42 Å².